The van der Waals surface area contributed by atoms with Crippen molar-refractivity contribution in [2.45, 2.75) is 38.9 Å². The zero-order valence-electron chi connectivity index (χ0n) is 16.3. The second-order valence-electron chi connectivity index (χ2n) is 7.50. The van der Waals surface area contributed by atoms with Crippen molar-refractivity contribution in [3.63, 3.8) is 0 Å². The Morgan fingerprint density at radius 3 is 2.60 bits per heavy atom. The number of anilines is 2. The van der Waals surface area contributed by atoms with E-state index in [1.807, 2.05) is 13.8 Å². The Labute approximate surface area is 170 Å². The van der Waals surface area contributed by atoms with E-state index in [2.05, 4.69) is 21.5 Å². The topological polar surface area (TPSA) is 107 Å². The molecular formula is C19H19F2N7O2. The lowest BCUT2D eigenvalue weighted by atomic mass is 10.1. The second-order valence-corrected chi connectivity index (χ2v) is 7.50. The van der Waals surface area contributed by atoms with E-state index in [0.717, 1.165) is 12.1 Å². The predicted octanol–water partition coefficient (Wildman–Crippen LogP) is 2.43. The maximum atomic E-state index is 13.4. The molecular weight excluding hydrogens is 396 g/mol. The van der Waals surface area contributed by atoms with E-state index in [-0.39, 0.29) is 49.1 Å². The minimum atomic E-state index is -1.04. The molecule has 2 aromatic heterocycles. The summed E-state index contributed by atoms with van der Waals surface area (Å²) in [6, 6.07) is 2.95. The number of amides is 3. The first-order valence-corrected chi connectivity index (χ1v) is 9.45. The highest BCUT2D eigenvalue weighted by atomic mass is 19.1. The first-order chi connectivity index (χ1) is 14.3. The molecule has 0 aliphatic carbocycles. The molecule has 3 atom stereocenters. The number of hydrogen-bond acceptors (Lipinski definition) is 5. The molecule has 156 valence electrons. The molecule has 30 heavy (non-hydrogen) atoms. The van der Waals surface area contributed by atoms with E-state index in [9.17, 15) is 18.4 Å². The highest BCUT2D eigenvalue weighted by molar-refractivity contribution is 5.96. The lowest BCUT2D eigenvalue weighted by Gasteiger charge is -2.39. The first kappa shape index (κ1) is 19.8. The molecule has 0 bridgehead atoms. The van der Waals surface area contributed by atoms with Crippen LogP contribution in [0.5, 0.6) is 0 Å². The van der Waals surface area contributed by atoms with E-state index in [0.29, 0.717) is 11.4 Å². The summed E-state index contributed by atoms with van der Waals surface area (Å²) in [6.45, 7) is 4.15. The smallest absolute Gasteiger partial charge is 0.314 e. The molecule has 2 aromatic rings. The number of nitrogens with zero attached hydrogens (tertiary/aromatic N) is 6. The Bertz CT molecular complexity index is 1040. The lowest BCUT2D eigenvalue weighted by molar-refractivity contribution is -0.117. The average Bonchev–Trinajstić information content (AvgIpc) is 3.26. The fourth-order valence-corrected chi connectivity index (χ4v) is 3.89. The second kappa shape index (κ2) is 7.37. The van der Waals surface area contributed by atoms with Crippen LogP contribution in [-0.4, -0.2) is 44.2 Å². The highest BCUT2D eigenvalue weighted by Crippen LogP contribution is 2.35. The van der Waals surface area contributed by atoms with Crippen LogP contribution in [0.25, 0.3) is 0 Å². The monoisotopic (exact) mass is 415 g/mol. The number of hydrogen-bond donors (Lipinski definition) is 1. The van der Waals surface area contributed by atoms with E-state index < -0.39 is 17.9 Å². The Morgan fingerprint density at radius 2 is 1.97 bits per heavy atom. The molecule has 1 saturated heterocycles. The zero-order chi connectivity index (χ0) is 21.6. The van der Waals surface area contributed by atoms with Gasteiger partial charge in [0.15, 0.2) is 0 Å². The highest BCUT2D eigenvalue weighted by Gasteiger charge is 2.38. The molecule has 2 aliphatic rings. The van der Waals surface area contributed by atoms with Crippen molar-refractivity contribution in [3.05, 3.63) is 35.9 Å². The largest absolute Gasteiger partial charge is 0.322 e. The van der Waals surface area contributed by atoms with Crippen molar-refractivity contribution in [2.24, 2.45) is 5.92 Å². The van der Waals surface area contributed by atoms with Crippen LogP contribution in [0.2, 0.25) is 0 Å². The van der Waals surface area contributed by atoms with Gasteiger partial charge in [-0.25, -0.2) is 4.79 Å². The molecule has 0 saturated carbocycles. The molecule has 9 nitrogen and oxygen atoms in total. The first-order valence-electron chi connectivity index (χ1n) is 9.45. The maximum Gasteiger partial charge on any atom is 0.322 e. The molecule has 1 N–H and O–H groups in total. The van der Waals surface area contributed by atoms with Crippen molar-refractivity contribution in [3.8, 4) is 6.07 Å². The van der Waals surface area contributed by atoms with Crippen molar-refractivity contribution in [2.75, 3.05) is 16.8 Å². The third-order valence-electron chi connectivity index (χ3n) is 5.65. The van der Waals surface area contributed by atoms with E-state index in [1.165, 1.54) is 9.80 Å². The molecule has 4 heterocycles. The van der Waals surface area contributed by atoms with Gasteiger partial charge < -0.3 is 15.1 Å². The van der Waals surface area contributed by atoms with Gasteiger partial charge in [-0.1, -0.05) is 0 Å². The summed E-state index contributed by atoms with van der Waals surface area (Å²) in [5, 5.41) is 16.0. The summed E-state index contributed by atoms with van der Waals surface area (Å²) >= 11 is 0. The number of halogens is 2. The summed E-state index contributed by atoms with van der Waals surface area (Å²) in [5.41, 5.74) is 1.18. The van der Waals surface area contributed by atoms with Crippen LogP contribution in [0.4, 0.5) is 25.0 Å². The minimum Gasteiger partial charge on any atom is -0.314 e. The van der Waals surface area contributed by atoms with Crippen molar-refractivity contribution >= 4 is 23.3 Å². The normalized spacial score (nSPS) is 23.3. The number of pyridine rings is 1. The SMILES string of the molecule is C[C@@H]1[C@H](C)N(C(=O)Nc2cc(F)nc(F)c2)Cc2c(N3CC(C#N)CC3=O)cnn21. The van der Waals surface area contributed by atoms with Crippen molar-refractivity contribution in [1.29, 1.82) is 5.26 Å². The number of rotatable bonds is 2. The fourth-order valence-electron chi connectivity index (χ4n) is 3.89. The molecule has 0 radical (unpaired) electrons. The molecule has 4 rings (SSSR count). The Hall–Kier alpha value is -3.55. The Morgan fingerprint density at radius 1 is 1.27 bits per heavy atom. The number of aromatic nitrogens is 3. The molecule has 0 aromatic carbocycles. The number of fused-ring (bicyclic) bond motifs is 1. The van der Waals surface area contributed by atoms with Gasteiger partial charge in [0, 0.05) is 25.1 Å². The van der Waals surface area contributed by atoms with Crippen LogP contribution in [0.1, 0.15) is 32.0 Å². The summed E-state index contributed by atoms with van der Waals surface area (Å²) in [5.74, 6) is -2.62. The summed E-state index contributed by atoms with van der Waals surface area (Å²) in [6.07, 6.45) is 1.72. The lowest BCUT2D eigenvalue weighted by Crippen LogP contribution is -2.49. The summed E-state index contributed by atoms with van der Waals surface area (Å²) in [4.78, 5) is 31.3. The number of urea groups is 1. The zero-order valence-corrected chi connectivity index (χ0v) is 16.3. The number of nitriles is 1. The quantitative estimate of drug-likeness (QED) is 0.758. The van der Waals surface area contributed by atoms with E-state index in [4.69, 9.17) is 5.26 Å². The van der Waals surface area contributed by atoms with Gasteiger partial charge in [-0.3, -0.25) is 9.48 Å². The molecule has 3 amide bonds. The van der Waals surface area contributed by atoms with Crippen molar-refractivity contribution in [1.82, 2.24) is 19.7 Å². The van der Waals surface area contributed by atoms with Crippen LogP contribution in [0, 0.1) is 29.1 Å². The average molecular weight is 415 g/mol. The van der Waals surface area contributed by atoms with Gasteiger partial charge in [-0.15, -0.1) is 0 Å². The maximum absolute atomic E-state index is 13.4. The van der Waals surface area contributed by atoms with Gasteiger partial charge >= 0.3 is 6.03 Å². The Kier molecular flexibility index (Phi) is 4.85. The predicted molar refractivity (Wildman–Crippen MR) is 101 cm³/mol. The number of nitrogens with one attached hydrogen (secondary N) is 1. The molecule has 1 fully saturated rings. The van der Waals surface area contributed by atoms with Gasteiger partial charge in [0.05, 0.1) is 53.9 Å². The van der Waals surface area contributed by atoms with Gasteiger partial charge in [0.1, 0.15) is 0 Å². The number of carbonyl (C=O) groups is 2. The summed E-state index contributed by atoms with van der Waals surface area (Å²) in [7, 11) is 0. The van der Waals surface area contributed by atoms with Gasteiger partial charge in [-0.2, -0.15) is 24.1 Å². The third-order valence-corrected chi connectivity index (χ3v) is 5.65. The van der Waals surface area contributed by atoms with Crippen LogP contribution in [-0.2, 0) is 11.3 Å². The van der Waals surface area contributed by atoms with Gasteiger partial charge in [0.2, 0.25) is 17.8 Å². The van der Waals surface area contributed by atoms with Crippen LogP contribution in [0.3, 0.4) is 0 Å². The van der Waals surface area contributed by atoms with Crippen LogP contribution >= 0.6 is 0 Å². The van der Waals surface area contributed by atoms with E-state index >= 15 is 0 Å². The molecule has 0 spiro atoms. The minimum absolute atomic E-state index is 0.0456. The van der Waals surface area contributed by atoms with Crippen LogP contribution in [0.15, 0.2) is 18.3 Å². The standard InChI is InChI=1S/C19H19F2N7O2/c1-10-11(2)28-15(14(7-23-28)27-8-12(6-22)3-18(27)29)9-26(10)19(30)24-13-4-16(20)25-17(21)5-13/h4-5,7,10-12H,3,8-9H2,1-2H3,(H,24,25,30)/t10-,11+,12?/m0/s1. The Balaban J connectivity index is 1.61. The third kappa shape index (κ3) is 3.34. The van der Waals surface area contributed by atoms with Gasteiger partial charge in [0.25, 0.3) is 0 Å². The van der Waals surface area contributed by atoms with Gasteiger partial charge in [-0.05, 0) is 13.8 Å². The molecule has 11 heteroatoms. The number of carbonyl (C=O) groups excluding carboxylic acids is 2. The molecule has 2 aliphatic heterocycles. The molecule has 1 unspecified atom stereocenters. The fraction of sp³-hybridized carbons (Fsp3) is 0.421. The van der Waals surface area contributed by atoms with E-state index in [1.54, 1.807) is 10.9 Å². The summed E-state index contributed by atoms with van der Waals surface area (Å²) < 4.78 is 28.5. The van der Waals surface area contributed by atoms with Crippen LogP contribution < -0.4 is 10.2 Å². The van der Waals surface area contributed by atoms with Crippen molar-refractivity contribution < 1.29 is 18.4 Å².